The van der Waals surface area contributed by atoms with Crippen molar-refractivity contribution < 1.29 is 0 Å². The maximum Gasteiger partial charge on any atom is 0.0107 e. The van der Waals surface area contributed by atoms with Gasteiger partial charge < -0.3 is 20.9 Å². The van der Waals surface area contributed by atoms with Crippen molar-refractivity contribution in [2.45, 2.75) is 19.3 Å². The van der Waals surface area contributed by atoms with Crippen LogP contribution in [0.1, 0.15) is 18.4 Å². The Labute approximate surface area is 135 Å². The maximum absolute atomic E-state index is 3.57. The smallest absolute Gasteiger partial charge is 0.0107 e. The summed E-state index contributed by atoms with van der Waals surface area (Å²) in [6.07, 6.45) is 3.59. The van der Waals surface area contributed by atoms with Gasteiger partial charge in [-0.05, 0) is 51.0 Å². The van der Waals surface area contributed by atoms with Crippen LogP contribution >= 0.6 is 0 Å². The molecule has 1 aromatic rings. The van der Waals surface area contributed by atoms with Gasteiger partial charge in [-0.25, -0.2) is 0 Å². The standard InChI is InChI=1S/C18H32N4/c1-2-6-18(7-3-1)8-16-22-15-5-11-20-13-12-19-9-4-10-21-14-17-22/h1-3,6-7,19-21H,4-5,8-17H2. The van der Waals surface area contributed by atoms with Crippen molar-refractivity contribution in [1.29, 1.82) is 0 Å². The number of hydrogen-bond donors (Lipinski definition) is 3. The van der Waals surface area contributed by atoms with Gasteiger partial charge >= 0.3 is 0 Å². The molecule has 0 unspecified atom stereocenters. The molecular formula is C18H32N4. The lowest BCUT2D eigenvalue weighted by Gasteiger charge is -2.23. The lowest BCUT2D eigenvalue weighted by molar-refractivity contribution is 0.271. The van der Waals surface area contributed by atoms with E-state index in [2.05, 4.69) is 51.2 Å². The molecule has 124 valence electrons. The van der Waals surface area contributed by atoms with Crippen LogP contribution in [0.5, 0.6) is 0 Å². The van der Waals surface area contributed by atoms with Crippen molar-refractivity contribution in [2.24, 2.45) is 0 Å². The molecule has 3 N–H and O–H groups in total. The highest BCUT2D eigenvalue weighted by molar-refractivity contribution is 5.14. The highest BCUT2D eigenvalue weighted by Crippen LogP contribution is 2.02. The van der Waals surface area contributed by atoms with Crippen LogP contribution in [0.4, 0.5) is 0 Å². The Kier molecular flexibility index (Phi) is 9.19. The third-order valence-corrected chi connectivity index (χ3v) is 4.18. The zero-order chi connectivity index (χ0) is 15.3. The quantitative estimate of drug-likeness (QED) is 0.782. The predicted octanol–water partition coefficient (Wildman–Crippen LogP) is 1.09. The first-order chi connectivity index (χ1) is 10.9. The van der Waals surface area contributed by atoms with Crippen molar-refractivity contribution in [1.82, 2.24) is 20.9 Å². The van der Waals surface area contributed by atoms with E-state index in [-0.39, 0.29) is 0 Å². The van der Waals surface area contributed by atoms with Gasteiger partial charge in [0.1, 0.15) is 0 Å². The summed E-state index contributed by atoms with van der Waals surface area (Å²) in [5.41, 5.74) is 1.44. The van der Waals surface area contributed by atoms with Crippen molar-refractivity contribution in [3.8, 4) is 0 Å². The van der Waals surface area contributed by atoms with Crippen LogP contribution in [-0.4, -0.2) is 63.8 Å². The van der Waals surface area contributed by atoms with E-state index >= 15 is 0 Å². The second kappa shape index (κ2) is 11.6. The molecule has 1 aliphatic rings. The van der Waals surface area contributed by atoms with Gasteiger partial charge in [-0.15, -0.1) is 0 Å². The third kappa shape index (κ3) is 7.90. The van der Waals surface area contributed by atoms with Crippen LogP contribution in [0, 0.1) is 0 Å². The molecular weight excluding hydrogens is 272 g/mol. The van der Waals surface area contributed by atoms with E-state index in [1.165, 1.54) is 24.9 Å². The summed E-state index contributed by atoms with van der Waals surface area (Å²) in [6, 6.07) is 10.8. The summed E-state index contributed by atoms with van der Waals surface area (Å²) in [6.45, 7) is 10.1. The summed E-state index contributed by atoms with van der Waals surface area (Å²) in [5.74, 6) is 0. The largest absolute Gasteiger partial charge is 0.315 e. The van der Waals surface area contributed by atoms with Crippen LogP contribution < -0.4 is 16.0 Å². The first-order valence-corrected chi connectivity index (χ1v) is 8.83. The van der Waals surface area contributed by atoms with Crippen molar-refractivity contribution in [2.75, 3.05) is 58.9 Å². The van der Waals surface area contributed by atoms with Crippen LogP contribution in [0.2, 0.25) is 0 Å². The SMILES string of the molecule is c1ccc(CCN2CCCNCCNCCCNCC2)cc1. The number of rotatable bonds is 3. The molecule has 0 atom stereocenters. The maximum atomic E-state index is 3.57. The predicted molar refractivity (Wildman–Crippen MR) is 94.4 cm³/mol. The summed E-state index contributed by atoms with van der Waals surface area (Å²) < 4.78 is 0. The molecule has 0 aromatic heterocycles. The Balaban J connectivity index is 1.72. The number of nitrogens with one attached hydrogen (secondary N) is 3. The van der Waals surface area contributed by atoms with E-state index in [1.54, 1.807) is 0 Å². The highest BCUT2D eigenvalue weighted by Gasteiger charge is 2.05. The Hall–Kier alpha value is -0.940. The van der Waals surface area contributed by atoms with Crippen LogP contribution in [0.3, 0.4) is 0 Å². The number of hydrogen-bond acceptors (Lipinski definition) is 4. The second-order valence-electron chi connectivity index (χ2n) is 6.03. The van der Waals surface area contributed by atoms with E-state index in [0.29, 0.717) is 0 Å². The van der Waals surface area contributed by atoms with Crippen molar-refractivity contribution in [3.63, 3.8) is 0 Å². The second-order valence-corrected chi connectivity index (χ2v) is 6.03. The summed E-state index contributed by atoms with van der Waals surface area (Å²) in [7, 11) is 0. The van der Waals surface area contributed by atoms with E-state index < -0.39 is 0 Å². The van der Waals surface area contributed by atoms with Crippen molar-refractivity contribution >= 4 is 0 Å². The van der Waals surface area contributed by atoms with Gasteiger partial charge in [0.25, 0.3) is 0 Å². The van der Waals surface area contributed by atoms with E-state index in [0.717, 1.165) is 58.8 Å². The molecule has 1 aliphatic heterocycles. The van der Waals surface area contributed by atoms with Crippen LogP contribution in [0.25, 0.3) is 0 Å². The van der Waals surface area contributed by atoms with Gasteiger partial charge in [0.15, 0.2) is 0 Å². The number of benzene rings is 1. The minimum Gasteiger partial charge on any atom is -0.315 e. The molecule has 0 radical (unpaired) electrons. The summed E-state index contributed by atoms with van der Waals surface area (Å²) >= 11 is 0. The lowest BCUT2D eigenvalue weighted by atomic mass is 10.1. The van der Waals surface area contributed by atoms with Crippen LogP contribution in [0.15, 0.2) is 30.3 Å². The molecule has 0 saturated carbocycles. The molecule has 22 heavy (non-hydrogen) atoms. The summed E-state index contributed by atoms with van der Waals surface area (Å²) in [5, 5.41) is 10.6. The molecule has 0 amide bonds. The highest BCUT2D eigenvalue weighted by atomic mass is 15.1. The van der Waals surface area contributed by atoms with E-state index in [1.807, 2.05) is 0 Å². The Morgan fingerprint density at radius 3 is 2.18 bits per heavy atom. The molecule has 0 aliphatic carbocycles. The topological polar surface area (TPSA) is 39.3 Å². The fraction of sp³-hybridized carbons (Fsp3) is 0.667. The zero-order valence-corrected chi connectivity index (χ0v) is 13.8. The molecule has 0 bridgehead atoms. The molecule has 1 fully saturated rings. The van der Waals surface area contributed by atoms with Gasteiger partial charge in [-0.1, -0.05) is 30.3 Å². The molecule has 2 rings (SSSR count). The van der Waals surface area contributed by atoms with Gasteiger partial charge in [-0.2, -0.15) is 0 Å². The molecule has 0 spiro atoms. The lowest BCUT2D eigenvalue weighted by Crippen LogP contribution is -2.37. The average Bonchev–Trinajstić information content (AvgIpc) is 2.56. The number of nitrogens with zero attached hydrogens (tertiary/aromatic N) is 1. The molecule has 4 heteroatoms. The first-order valence-electron chi connectivity index (χ1n) is 8.83. The molecule has 4 nitrogen and oxygen atoms in total. The third-order valence-electron chi connectivity index (χ3n) is 4.18. The monoisotopic (exact) mass is 304 g/mol. The fourth-order valence-electron chi connectivity index (χ4n) is 2.82. The molecule has 1 saturated heterocycles. The Morgan fingerprint density at radius 1 is 0.727 bits per heavy atom. The van der Waals surface area contributed by atoms with E-state index in [9.17, 15) is 0 Å². The van der Waals surface area contributed by atoms with Crippen molar-refractivity contribution in [3.05, 3.63) is 35.9 Å². The minimum absolute atomic E-state index is 1.08. The minimum atomic E-state index is 1.08. The fourth-order valence-corrected chi connectivity index (χ4v) is 2.82. The van der Waals surface area contributed by atoms with E-state index in [4.69, 9.17) is 0 Å². The molecule has 1 heterocycles. The average molecular weight is 304 g/mol. The van der Waals surface area contributed by atoms with Gasteiger partial charge in [-0.3, -0.25) is 0 Å². The van der Waals surface area contributed by atoms with Crippen LogP contribution in [-0.2, 0) is 6.42 Å². The van der Waals surface area contributed by atoms with Gasteiger partial charge in [0.05, 0.1) is 0 Å². The van der Waals surface area contributed by atoms with Gasteiger partial charge in [0.2, 0.25) is 0 Å². The Morgan fingerprint density at radius 2 is 1.41 bits per heavy atom. The Bertz CT molecular complexity index is 355. The van der Waals surface area contributed by atoms with Gasteiger partial charge in [0, 0.05) is 32.7 Å². The summed E-state index contributed by atoms with van der Waals surface area (Å²) in [4.78, 5) is 2.60. The zero-order valence-electron chi connectivity index (χ0n) is 13.8. The molecule has 1 aromatic carbocycles. The normalized spacial score (nSPS) is 20.4. The first kappa shape index (κ1) is 17.4.